The normalized spacial score (nSPS) is 11.9. The minimum atomic E-state index is -6.09. The predicted octanol–water partition coefficient (Wildman–Crippen LogP) is 5.68. The van der Waals surface area contributed by atoms with Gasteiger partial charge in [-0.15, -0.1) is 20.4 Å². The summed E-state index contributed by atoms with van der Waals surface area (Å²) in [5.74, 6) is 1.66. The predicted molar refractivity (Wildman–Crippen MR) is 171 cm³/mol. The summed E-state index contributed by atoms with van der Waals surface area (Å²) in [6.07, 6.45) is 1.29. The number of rotatable bonds is 7. The number of alkyl halides is 3. The summed E-state index contributed by atoms with van der Waals surface area (Å²) in [6.45, 7) is 2.43. The average Bonchev–Trinajstić information content (AvgIpc) is 3.40. The maximum atomic E-state index is 13.2. The van der Waals surface area contributed by atoms with Gasteiger partial charge in [-0.2, -0.15) is 18.2 Å². The number of carbonyl (C=O) groups is 1. The molecule has 0 saturated carbocycles. The van der Waals surface area contributed by atoms with Crippen molar-refractivity contribution >= 4 is 46.7 Å². The zero-order chi connectivity index (χ0) is 34.6. The third-order valence-electron chi connectivity index (χ3n) is 6.86. The summed E-state index contributed by atoms with van der Waals surface area (Å²) in [7, 11) is -3.33. The highest BCUT2D eigenvalue weighted by molar-refractivity contribution is 7.86. The first kappa shape index (κ1) is 34.1. The Labute approximate surface area is 274 Å². The number of nitrogens with zero attached hydrogens (tertiary/aromatic N) is 5. The summed E-state index contributed by atoms with van der Waals surface area (Å²) in [6, 6.07) is 23.5. The molecular formula is C31H25F3N6O6S2. The number of aryl methyl sites for hydroxylation is 1. The van der Waals surface area contributed by atoms with E-state index in [9.17, 15) is 18.0 Å². The number of hydrogen-bond acceptors (Lipinski definition) is 11. The van der Waals surface area contributed by atoms with Crippen LogP contribution in [0.2, 0.25) is 0 Å². The number of amides is 1. The van der Waals surface area contributed by atoms with Crippen LogP contribution in [0.15, 0.2) is 79.1 Å². The van der Waals surface area contributed by atoms with E-state index in [4.69, 9.17) is 27.4 Å². The first-order chi connectivity index (χ1) is 22.8. The Morgan fingerprint density at radius 1 is 0.938 bits per heavy atom. The first-order valence-corrected chi connectivity index (χ1v) is 16.4. The molecule has 1 atom stereocenters. The summed E-state index contributed by atoms with van der Waals surface area (Å²) < 4.78 is 72.5. The SMILES string of the molecule is COc1cc(OC)c2c(c1)c1cc(C)ccc1[s+]2-c1cccc(C(=O)NCc2ccc(-c3nncnn3)cc2)n1.O=S(=O)([O-])C(F)(F)F. The van der Waals surface area contributed by atoms with Crippen molar-refractivity contribution in [1.29, 1.82) is 0 Å². The third-order valence-corrected chi connectivity index (χ3v) is 9.69. The number of thiophene rings is 1. The highest BCUT2D eigenvalue weighted by atomic mass is 32.2. The van der Waals surface area contributed by atoms with E-state index in [0.717, 1.165) is 53.4 Å². The molecule has 6 aromatic rings. The van der Waals surface area contributed by atoms with E-state index in [1.165, 1.54) is 6.33 Å². The van der Waals surface area contributed by atoms with Gasteiger partial charge in [0.1, 0.15) is 11.4 Å². The quantitative estimate of drug-likeness (QED) is 0.124. The largest absolute Gasteiger partial charge is 0.741 e. The van der Waals surface area contributed by atoms with Crippen LogP contribution in [0, 0.1) is 6.92 Å². The zero-order valence-corrected chi connectivity index (χ0v) is 27.0. The molecule has 6 rings (SSSR count). The maximum absolute atomic E-state index is 13.2. The molecule has 48 heavy (non-hydrogen) atoms. The van der Waals surface area contributed by atoms with Crippen LogP contribution in [0.25, 0.3) is 36.6 Å². The highest BCUT2D eigenvalue weighted by Crippen LogP contribution is 2.52. The van der Waals surface area contributed by atoms with Crippen LogP contribution in [0.4, 0.5) is 13.2 Å². The van der Waals surface area contributed by atoms with Crippen molar-refractivity contribution in [2.24, 2.45) is 0 Å². The van der Waals surface area contributed by atoms with Crippen LogP contribution < -0.4 is 14.8 Å². The number of ether oxygens (including phenoxy) is 2. The van der Waals surface area contributed by atoms with Gasteiger partial charge in [0.25, 0.3) is 10.9 Å². The van der Waals surface area contributed by atoms with Gasteiger partial charge in [0.05, 0.1) is 30.1 Å². The number of benzene rings is 3. The fourth-order valence-corrected chi connectivity index (χ4v) is 7.02. The number of carbonyl (C=O) groups excluding carboxylic acids is 1. The fourth-order valence-electron chi connectivity index (χ4n) is 4.64. The molecular weight excluding hydrogens is 674 g/mol. The van der Waals surface area contributed by atoms with E-state index in [2.05, 4.69) is 50.8 Å². The molecule has 12 nitrogen and oxygen atoms in total. The lowest BCUT2D eigenvalue weighted by Gasteiger charge is -2.08. The molecule has 1 unspecified atom stereocenters. The van der Waals surface area contributed by atoms with Crippen molar-refractivity contribution in [1.82, 2.24) is 30.7 Å². The number of methoxy groups -OCH3 is 2. The van der Waals surface area contributed by atoms with Gasteiger partial charge >= 0.3 is 5.51 Å². The maximum Gasteiger partial charge on any atom is 0.485 e. The van der Waals surface area contributed by atoms with E-state index in [1.54, 1.807) is 20.3 Å². The number of hydrogen-bond donors (Lipinski definition) is 1. The Hall–Kier alpha value is -5.26. The van der Waals surface area contributed by atoms with Gasteiger partial charge in [-0.05, 0) is 36.8 Å². The Balaban J connectivity index is 0.000000503. The number of fused-ring (bicyclic) bond motifs is 3. The summed E-state index contributed by atoms with van der Waals surface area (Å²) >= 11 is 0. The van der Waals surface area contributed by atoms with Crippen molar-refractivity contribution in [3.63, 3.8) is 0 Å². The van der Waals surface area contributed by atoms with Gasteiger partial charge in [0.15, 0.2) is 26.9 Å². The van der Waals surface area contributed by atoms with Crippen molar-refractivity contribution in [2.45, 2.75) is 19.0 Å². The highest BCUT2D eigenvalue weighted by Gasteiger charge is 2.37. The van der Waals surface area contributed by atoms with Crippen LogP contribution in [0.5, 0.6) is 11.5 Å². The van der Waals surface area contributed by atoms with Gasteiger partial charge in [0, 0.05) is 29.6 Å². The van der Waals surface area contributed by atoms with E-state index in [-0.39, 0.29) is 5.91 Å². The van der Waals surface area contributed by atoms with Crippen LogP contribution in [0.3, 0.4) is 0 Å². The third kappa shape index (κ3) is 7.32. The molecule has 3 aromatic heterocycles. The lowest BCUT2D eigenvalue weighted by molar-refractivity contribution is -0.0517. The number of halogens is 3. The van der Waals surface area contributed by atoms with Gasteiger partial charge in [-0.1, -0.05) is 42.0 Å². The zero-order valence-electron chi connectivity index (χ0n) is 25.3. The minimum absolute atomic E-state index is 0.250. The Morgan fingerprint density at radius 2 is 1.62 bits per heavy atom. The fraction of sp³-hybridized carbons (Fsp3) is 0.161. The van der Waals surface area contributed by atoms with Gasteiger partial charge < -0.3 is 19.3 Å². The van der Waals surface area contributed by atoms with Crippen molar-refractivity contribution in [3.05, 3.63) is 95.9 Å². The second-order valence-electron chi connectivity index (χ2n) is 10.0. The Bertz CT molecular complexity index is 2210. The molecule has 17 heteroatoms. The average molecular weight is 699 g/mol. The monoisotopic (exact) mass is 698 g/mol. The van der Waals surface area contributed by atoms with Crippen LogP contribution in [0.1, 0.15) is 21.6 Å². The van der Waals surface area contributed by atoms with E-state index >= 15 is 0 Å². The van der Waals surface area contributed by atoms with Crippen LogP contribution >= 0.6 is 10.5 Å². The first-order valence-electron chi connectivity index (χ1n) is 13.8. The van der Waals surface area contributed by atoms with E-state index in [0.29, 0.717) is 18.1 Å². The molecule has 0 radical (unpaired) electrons. The molecule has 248 valence electrons. The number of aromatic nitrogens is 5. The second kappa shape index (κ2) is 13.8. The summed E-state index contributed by atoms with van der Waals surface area (Å²) in [5, 5.41) is 21.4. The lowest BCUT2D eigenvalue weighted by Crippen LogP contribution is -2.23. The van der Waals surface area contributed by atoms with Crippen molar-refractivity contribution in [2.75, 3.05) is 14.2 Å². The topological polar surface area (TPSA) is 169 Å². The van der Waals surface area contributed by atoms with Crippen LogP contribution in [-0.4, -0.2) is 64.0 Å². The molecule has 0 saturated heterocycles. The lowest BCUT2D eigenvalue weighted by atomic mass is 10.1. The summed E-state index contributed by atoms with van der Waals surface area (Å²) in [5.41, 5.74) is -2.40. The number of pyridine rings is 1. The Morgan fingerprint density at radius 3 is 2.25 bits per heavy atom. The molecule has 0 aliphatic rings. The standard InChI is InChI=1S/C30H24N6O3S.CHF3O3S/c1-18-7-12-26-22(13-18)23-14-21(38-2)15-25(39-3)28(23)40(26)27-6-4-5-24(34-27)30(37)31-16-19-8-10-20(11-9-19)29-35-32-17-33-36-29;2-1(3,4)8(5,6)7/h4-15,17H,16H2,1-3H3;(H,5,6,7). The molecule has 3 heterocycles. The molecule has 1 amide bonds. The van der Waals surface area contributed by atoms with Gasteiger partial charge in [0.2, 0.25) is 10.5 Å². The van der Waals surface area contributed by atoms with Crippen molar-refractivity contribution in [3.8, 4) is 27.9 Å². The van der Waals surface area contributed by atoms with Crippen LogP contribution in [-0.2, 0) is 16.7 Å². The van der Waals surface area contributed by atoms with Gasteiger partial charge in [-0.25, -0.2) is 8.42 Å². The Kier molecular flexibility index (Phi) is 9.83. The van der Waals surface area contributed by atoms with E-state index in [1.807, 2.05) is 48.5 Å². The summed E-state index contributed by atoms with van der Waals surface area (Å²) in [4.78, 5) is 18.0. The molecule has 3 aromatic carbocycles. The molecule has 0 fully saturated rings. The van der Waals surface area contributed by atoms with Gasteiger partial charge in [-0.3, -0.25) is 4.79 Å². The molecule has 0 aliphatic heterocycles. The minimum Gasteiger partial charge on any atom is -0.741 e. The second-order valence-corrected chi connectivity index (χ2v) is 13.3. The molecule has 0 aliphatic carbocycles. The molecule has 0 spiro atoms. The molecule has 0 bridgehead atoms. The van der Waals surface area contributed by atoms with E-state index < -0.39 is 26.1 Å². The molecule has 1 N–H and O–H groups in total. The smallest absolute Gasteiger partial charge is 0.485 e. The number of nitrogens with one attached hydrogen (secondary N) is 1. The van der Waals surface area contributed by atoms with Crippen molar-refractivity contribution < 1.29 is 40.4 Å².